The van der Waals surface area contributed by atoms with Crippen molar-refractivity contribution in [3.8, 4) is 0 Å². The van der Waals surface area contributed by atoms with Crippen molar-refractivity contribution in [1.29, 1.82) is 0 Å². The predicted molar refractivity (Wildman–Crippen MR) is 89.5 cm³/mol. The van der Waals surface area contributed by atoms with E-state index >= 15 is 0 Å². The van der Waals surface area contributed by atoms with Gasteiger partial charge in [-0.15, -0.1) is 11.3 Å². The van der Waals surface area contributed by atoms with Gasteiger partial charge in [-0.3, -0.25) is 9.67 Å². The highest BCUT2D eigenvalue weighted by molar-refractivity contribution is 7.14. The molecule has 1 aliphatic heterocycles. The lowest BCUT2D eigenvalue weighted by Crippen LogP contribution is -2.52. The molecule has 8 heteroatoms. The Balaban J connectivity index is 1.46. The molecule has 0 aromatic carbocycles. The van der Waals surface area contributed by atoms with E-state index in [4.69, 9.17) is 0 Å². The Morgan fingerprint density at radius 3 is 2.86 bits per heavy atom. The van der Waals surface area contributed by atoms with Crippen LogP contribution < -0.4 is 10.2 Å². The van der Waals surface area contributed by atoms with Gasteiger partial charge in [0.25, 0.3) is 0 Å². The van der Waals surface area contributed by atoms with Crippen molar-refractivity contribution in [2.24, 2.45) is 4.99 Å². The van der Waals surface area contributed by atoms with Crippen molar-refractivity contribution in [2.45, 2.75) is 6.54 Å². The Bertz CT molecular complexity index is 570. The number of aliphatic imine (C=N–C) groups is 1. The van der Waals surface area contributed by atoms with Crippen molar-refractivity contribution in [3.63, 3.8) is 0 Å². The molecule has 3 heterocycles. The van der Waals surface area contributed by atoms with Crippen LogP contribution in [-0.2, 0) is 6.54 Å². The minimum absolute atomic E-state index is 0.786. The molecule has 2 aromatic heterocycles. The average Bonchev–Trinajstić information content (AvgIpc) is 3.25. The van der Waals surface area contributed by atoms with Gasteiger partial charge in [0.1, 0.15) is 12.7 Å². The number of guanidine groups is 1. The van der Waals surface area contributed by atoms with Crippen molar-refractivity contribution in [2.75, 3.05) is 44.7 Å². The molecule has 0 saturated carbocycles. The van der Waals surface area contributed by atoms with Gasteiger partial charge in [-0.25, -0.2) is 4.98 Å². The Morgan fingerprint density at radius 2 is 2.23 bits per heavy atom. The summed E-state index contributed by atoms with van der Waals surface area (Å²) in [6.45, 7) is 5.62. The largest absolute Gasteiger partial charge is 0.360 e. The number of anilines is 1. The third-order valence-electron chi connectivity index (χ3n) is 3.70. The van der Waals surface area contributed by atoms with Crippen molar-refractivity contribution < 1.29 is 0 Å². The van der Waals surface area contributed by atoms with Crippen molar-refractivity contribution in [1.82, 2.24) is 25.0 Å². The maximum absolute atomic E-state index is 4.39. The van der Waals surface area contributed by atoms with Crippen molar-refractivity contribution in [3.05, 3.63) is 30.2 Å². The van der Waals surface area contributed by atoms with Crippen LogP contribution in [0.15, 0.2) is 35.2 Å². The van der Waals surface area contributed by atoms with E-state index in [1.54, 1.807) is 24.0 Å². The first kappa shape index (κ1) is 14.8. The fourth-order valence-electron chi connectivity index (χ4n) is 2.55. The Morgan fingerprint density at radius 1 is 1.36 bits per heavy atom. The fourth-order valence-corrected chi connectivity index (χ4v) is 3.34. The van der Waals surface area contributed by atoms with E-state index in [1.165, 1.54) is 5.00 Å². The maximum atomic E-state index is 4.39. The molecule has 0 atom stereocenters. The van der Waals surface area contributed by atoms with Crippen LogP contribution in [0.2, 0.25) is 0 Å². The van der Waals surface area contributed by atoms with Crippen LogP contribution in [-0.4, -0.2) is 65.4 Å². The molecular weight excluding hydrogens is 298 g/mol. The lowest BCUT2D eigenvalue weighted by molar-refractivity contribution is 0.372. The highest BCUT2D eigenvalue weighted by atomic mass is 32.1. The number of rotatable bonds is 4. The monoisotopic (exact) mass is 319 g/mol. The summed E-state index contributed by atoms with van der Waals surface area (Å²) in [6, 6.07) is 4.29. The molecule has 3 rings (SSSR count). The van der Waals surface area contributed by atoms with Crippen molar-refractivity contribution >= 4 is 22.3 Å². The zero-order valence-electron chi connectivity index (χ0n) is 12.7. The molecule has 0 unspecified atom stereocenters. The lowest BCUT2D eigenvalue weighted by Gasteiger charge is -2.37. The minimum Gasteiger partial charge on any atom is -0.360 e. The van der Waals surface area contributed by atoms with Crippen LogP contribution in [0.5, 0.6) is 0 Å². The molecule has 22 heavy (non-hydrogen) atoms. The second-order valence-electron chi connectivity index (χ2n) is 5.06. The van der Waals surface area contributed by atoms with Gasteiger partial charge in [0, 0.05) is 39.8 Å². The van der Waals surface area contributed by atoms with Gasteiger partial charge < -0.3 is 15.1 Å². The van der Waals surface area contributed by atoms with Gasteiger partial charge in [-0.2, -0.15) is 5.10 Å². The molecule has 1 aliphatic rings. The summed E-state index contributed by atoms with van der Waals surface area (Å²) < 4.78 is 1.81. The quantitative estimate of drug-likeness (QED) is 0.665. The predicted octanol–water partition coefficient (Wildman–Crippen LogP) is 0.737. The summed E-state index contributed by atoms with van der Waals surface area (Å²) in [6.07, 6.45) is 3.28. The van der Waals surface area contributed by atoms with Gasteiger partial charge in [0.2, 0.25) is 0 Å². The summed E-state index contributed by atoms with van der Waals surface area (Å²) in [5, 5.41) is 11.0. The van der Waals surface area contributed by atoms with Crippen LogP contribution in [0.1, 0.15) is 0 Å². The molecule has 1 N–H and O–H groups in total. The van der Waals surface area contributed by atoms with Crippen LogP contribution >= 0.6 is 11.3 Å². The number of nitrogens with one attached hydrogen (secondary N) is 1. The molecule has 7 nitrogen and oxygen atoms in total. The first-order valence-corrected chi connectivity index (χ1v) is 8.31. The van der Waals surface area contributed by atoms with Crippen LogP contribution in [0.4, 0.5) is 5.00 Å². The summed E-state index contributed by atoms with van der Waals surface area (Å²) in [4.78, 5) is 13.1. The Labute approximate surface area is 134 Å². The molecule has 1 fully saturated rings. The molecular formula is C14H21N7S. The second kappa shape index (κ2) is 7.26. The van der Waals surface area contributed by atoms with E-state index in [1.807, 2.05) is 11.7 Å². The van der Waals surface area contributed by atoms with E-state index in [-0.39, 0.29) is 0 Å². The maximum Gasteiger partial charge on any atom is 0.193 e. The SMILES string of the molecule is CN=C(NCCn1cncn1)N1CCN(c2cccs2)CC1. The van der Waals surface area contributed by atoms with Crippen LogP contribution in [0.25, 0.3) is 0 Å². The zero-order valence-corrected chi connectivity index (χ0v) is 13.5. The molecule has 2 aromatic rings. The second-order valence-corrected chi connectivity index (χ2v) is 5.98. The lowest BCUT2D eigenvalue weighted by atomic mass is 10.3. The van der Waals surface area contributed by atoms with Gasteiger partial charge in [0.15, 0.2) is 5.96 Å². The minimum atomic E-state index is 0.786. The number of hydrogen-bond donors (Lipinski definition) is 1. The molecule has 1 saturated heterocycles. The van der Waals surface area contributed by atoms with Crippen LogP contribution in [0, 0.1) is 0 Å². The molecule has 0 bridgehead atoms. The number of nitrogens with zero attached hydrogens (tertiary/aromatic N) is 6. The van der Waals surface area contributed by atoms with Gasteiger partial charge in [-0.05, 0) is 17.5 Å². The van der Waals surface area contributed by atoms with Gasteiger partial charge in [-0.1, -0.05) is 0 Å². The standard InChI is InChI=1S/C14H21N7S/c1-15-14(17-4-5-21-12-16-11-18-21)20-8-6-19(7-9-20)13-3-2-10-22-13/h2-3,10-12H,4-9H2,1H3,(H,15,17). The molecule has 0 spiro atoms. The van der Waals surface area contributed by atoms with Crippen LogP contribution in [0.3, 0.4) is 0 Å². The van der Waals surface area contributed by atoms with E-state index < -0.39 is 0 Å². The normalized spacial score (nSPS) is 16.1. The summed E-state index contributed by atoms with van der Waals surface area (Å²) in [5.41, 5.74) is 0. The fraction of sp³-hybridized carbons (Fsp3) is 0.500. The number of aromatic nitrogens is 3. The topological polar surface area (TPSA) is 61.6 Å². The smallest absolute Gasteiger partial charge is 0.193 e. The number of hydrogen-bond acceptors (Lipinski definition) is 5. The average molecular weight is 319 g/mol. The van der Waals surface area contributed by atoms with E-state index in [0.717, 1.165) is 45.2 Å². The molecule has 0 amide bonds. The highest BCUT2D eigenvalue weighted by Gasteiger charge is 2.19. The molecule has 0 aliphatic carbocycles. The Kier molecular flexibility index (Phi) is 4.89. The first-order valence-electron chi connectivity index (χ1n) is 7.43. The van der Waals surface area contributed by atoms with E-state index in [0.29, 0.717) is 0 Å². The van der Waals surface area contributed by atoms with E-state index in [9.17, 15) is 0 Å². The van der Waals surface area contributed by atoms with Gasteiger partial charge in [0.05, 0.1) is 11.5 Å². The highest BCUT2D eigenvalue weighted by Crippen LogP contribution is 2.22. The number of thiophene rings is 1. The first-order chi connectivity index (χ1) is 10.9. The van der Waals surface area contributed by atoms with Gasteiger partial charge >= 0.3 is 0 Å². The Hall–Kier alpha value is -2.09. The summed E-state index contributed by atoms with van der Waals surface area (Å²) in [7, 11) is 1.84. The third-order valence-corrected chi connectivity index (χ3v) is 4.63. The third kappa shape index (κ3) is 3.56. The summed E-state index contributed by atoms with van der Waals surface area (Å²) >= 11 is 1.80. The summed E-state index contributed by atoms with van der Waals surface area (Å²) in [5.74, 6) is 0.964. The number of piperazine rings is 1. The molecule has 0 radical (unpaired) electrons. The van der Waals surface area contributed by atoms with E-state index in [2.05, 4.69) is 47.7 Å². The zero-order chi connectivity index (χ0) is 15.2. The molecule has 118 valence electrons.